The SMILES string of the molecule is O=C(CNC(C(=O)O)C1CC1)NCCSc1ccccc1. The number of carboxylic acid groups (broad SMARTS) is 1. The number of carboxylic acids is 1. The lowest BCUT2D eigenvalue weighted by atomic mass is 10.2. The van der Waals surface area contributed by atoms with Crippen LogP contribution in [0.15, 0.2) is 35.2 Å². The second-order valence-electron chi connectivity index (χ2n) is 5.05. The number of rotatable bonds is 9. The Kier molecular flexibility index (Phi) is 6.07. The molecule has 1 aromatic rings. The monoisotopic (exact) mass is 308 g/mol. The van der Waals surface area contributed by atoms with Crippen molar-refractivity contribution in [2.75, 3.05) is 18.8 Å². The lowest BCUT2D eigenvalue weighted by Crippen LogP contribution is -2.44. The van der Waals surface area contributed by atoms with Gasteiger partial charge in [-0.2, -0.15) is 0 Å². The Labute approximate surface area is 128 Å². The highest BCUT2D eigenvalue weighted by atomic mass is 32.2. The third-order valence-corrected chi connectivity index (χ3v) is 4.29. The summed E-state index contributed by atoms with van der Waals surface area (Å²) in [4.78, 5) is 23.8. The molecule has 1 unspecified atom stereocenters. The van der Waals surface area contributed by atoms with Crippen LogP contribution in [0.1, 0.15) is 12.8 Å². The standard InChI is InChI=1S/C15H20N2O3S/c18-13(10-17-14(15(19)20)11-6-7-11)16-8-9-21-12-4-2-1-3-5-12/h1-5,11,14,17H,6-10H2,(H,16,18)(H,19,20). The van der Waals surface area contributed by atoms with Gasteiger partial charge in [-0.3, -0.25) is 14.9 Å². The highest BCUT2D eigenvalue weighted by Crippen LogP contribution is 2.32. The van der Waals surface area contributed by atoms with Crippen molar-refractivity contribution in [2.24, 2.45) is 5.92 Å². The third kappa shape index (κ3) is 5.77. The van der Waals surface area contributed by atoms with Gasteiger partial charge in [-0.25, -0.2) is 0 Å². The summed E-state index contributed by atoms with van der Waals surface area (Å²) in [6.45, 7) is 0.630. The molecule has 114 valence electrons. The molecule has 0 radical (unpaired) electrons. The minimum Gasteiger partial charge on any atom is -0.480 e. The van der Waals surface area contributed by atoms with Crippen LogP contribution in [0.3, 0.4) is 0 Å². The molecule has 1 aliphatic carbocycles. The van der Waals surface area contributed by atoms with Crippen molar-refractivity contribution >= 4 is 23.6 Å². The average molecular weight is 308 g/mol. The van der Waals surface area contributed by atoms with E-state index in [0.717, 1.165) is 18.6 Å². The van der Waals surface area contributed by atoms with E-state index in [0.29, 0.717) is 6.54 Å². The highest BCUT2D eigenvalue weighted by molar-refractivity contribution is 7.99. The van der Waals surface area contributed by atoms with E-state index < -0.39 is 12.0 Å². The van der Waals surface area contributed by atoms with E-state index in [2.05, 4.69) is 10.6 Å². The van der Waals surface area contributed by atoms with Gasteiger partial charge in [0.05, 0.1) is 6.54 Å². The molecule has 1 aliphatic rings. The maximum absolute atomic E-state index is 11.6. The quantitative estimate of drug-likeness (QED) is 0.474. The zero-order chi connectivity index (χ0) is 15.1. The molecule has 5 nitrogen and oxygen atoms in total. The Bertz CT molecular complexity index is 477. The van der Waals surface area contributed by atoms with E-state index in [4.69, 9.17) is 5.11 Å². The predicted molar refractivity (Wildman–Crippen MR) is 82.3 cm³/mol. The Morgan fingerprint density at radius 1 is 1.29 bits per heavy atom. The largest absolute Gasteiger partial charge is 0.480 e. The summed E-state index contributed by atoms with van der Waals surface area (Å²) in [7, 11) is 0. The third-order valence-electron chi connectivity index (χ3n) is 3.28. The maximum Gasteiger partial charge on any atom is 0.320 e. The van der Waals surface area contributed by atoms with Crippen LogP contribution >= 0.6 is 11.8 Å². The minimum atomic E-state index is -0.870. The van der Waals surface area contributed by atoms with Crippen molar-refractivity contribution < 1.29 is 14.7 Å². The highest BCUT2D eigenvalue weighted by Gasteiger charge is 2.36. The summed E-state index contributed by atoms with van der Waals surface area (Å²) in [5.74, 6) is -0.0507. The van der Waals surface area contributed by atoms with Crippen molar-refractivity contribution in [1.82, 2.24) is 10.6 Å². The lowest BCUT2D eigenvalue weighted by molar-refractivity contribution is -0.140. The van der Waals surface area contributed by atoms with E-state index in [1.54, 1.807) is 11.8 Å². The van der Waals surface area contributed by atoms with Crippen LogP contribution in [0.5, 0.6) is 0 Å². The van der Waals surface area contributed by atoms with E-state index in [1.807, 2.05) is 30.3 Å². The number of amides is 1. The number of carbonyl (C=O) groups is 2. The summed E-state index contributed by atoms with van der Waals surface area (Å²) >= 11 is 1.68. The maximum atomic E-state index is 11.6. The van der Waals surface area contributed by atoms with Crippen molar-refractivity contribution in [2.45, 2.75) is 23.8 Å². The Balaban J connectivity index is 1.58. The molecule has 1 aromatic carbocycles. The molecule has 1 saturated carbocycles. The molecular weight excluding hydrogens is 288 g/mol. The van der Waals surface area contributed by atoms with E-state index in [-0.39, 0.29) is 18.4 Å². The summed E-state index contributed by atoms with van der Waals surface area (Å²) in [6.07, 6.45) is 1.86. The van der Waals surface area contributed by atoms with Crippen LogP contribution in [0.25, 0.3) is 0 Å². The van der Waals surface area contributed by atoms with Gasteiger partial charge in [0.25, 0.3) is 0 Å². The van der Waals surface area contributed by atoms with Crippen LogP contribution in [-0.2, 0) is 9.59 Å². The van der Waals surface area contributed by atoms with Gasteiger partial charge in [-0.1, -0.05) is 18.2 Å². The fraction of sp³-hybridized carbons (Fsp3) is 0.467. The van der Waals surface area contributed by atoms with Crippen molar-refractivity contribution in [3.05, 3.63) is 30.3 Å². The van der Waals surface area contributed by atoms with Crippen LogP contribution in [0.4, 0.5) is 0 Å². The number of carbonyl (C=O) groups excluding carboxylic acids is 1. The fourth-order valence-electron chi connectivity index (χ4n) is 2.03. The van der Waals surface area contributed by atoms with Crippen LogP contribution in [0.2, 0.25) is 0 Å². The van der Waals surface area contributed by atoms with Crippen molar-refractivity contribution in [3.63, 3.8) is 0 Å². The first-order valence-electron chi connectivity index (χ1n) is 7.07. The minimum absolute atomic E-state index is 0.0590. The number of aliphatic carboxylic acids is 1. The first-order chi connectivity index (χ1) is 10.2. The van der Waals surface area contributed by atoms with E-state index >= 15 is 0 Å². The van der Waals surface area contributed by atoms with Gasteiger partial charge < -0.3 is 10.4 Å². The molecule has 0 bridgehead atoms. The second kappa shape index (κ2) is 8.05. The van der Waals surface area contributed by atoms with Gasteiger partial charge in [0.1, 0.15) is 6.04 Å². The molecule has 1 fully saturated rings. The number of hydrogen-bond donors (Lipinski definition) is 3. The molecule has 3 N–H and O–H groups in total. The second-order valence-corrected chi connectivity index (χ2v) is 6.21. The molecule has 1 atom stereocenters. The zero-order valence-electron chi connectivity index (χ0n) is 11.7. The lowest BCUT2D eigenvalue weighted by Gasteiger charge is -2.13. The fourth-order valence-corrected chi connectivity index (χ4v) is 2.82. The molecule has 6 heteroatoms. The molecular formula is C15H20N2O3S. The molecule has 2 rings (SSSR count). The summed E-state index contributed by atoms with van der Waals surface area (Å²) in [6, 6.07) is 9.40. The predicted octanol–water partition coefficient (Wildman–Crippen LogP) is 1.35. The van der Waals surface area contributed by atoms with Crippen molar-refractivity contribution in [3.8, 4) is 0 Å². The summed E-state index contributed by atoms with van der Waals surface area (Å²) in [5, 5.41) is 14.7. The first-order valence-corrected chi connectivity index (χ1v) is 8.06. The van der Waals surface area contributed by atoms with Gasteiger partial charge >= 0.3 is 5.97 Å². The van der Waals surface area contributed by atoms with Gasteiger partial charge in [-0.15, -0.1) is 11.8 Å². The van der Waals surface area contributed by atoms with Gasteiger partial charge in [-0.05, 0) is 30.9 Å². The smallest absolute Gasteiger partial charge is 0.320 e. The molecule has 1 amide bonds. The first kappa shape index (κ1) is 15.9. The van der Waals surface area contributed by atoms with Crippen LogP contribution in [-0.4, -0.2) is 41.9 Å². The number of hydrogen-bond acceptors (Lipinski definition) is 4. The van der Waals surface area contributed by atoms with E-state index in [9.17, 15) is 9.59 Å². The number of nitrogens with one attached hydrogen (secondary N) is 2. The number of benzene rings is 1. The Hall–Kier alpha value is -1.53. The van der Waals surface area contributed by atoms with Gasteiger partial charge in [0.2, 0.25) is 5.91 Å². The Morgan fingerprint density at radius 3 is 2.62 bits per heavy atom. The summed E-state index contributed by atoms with van der Waals surface area (Å²) in [5.41, 5.74) is 0. The van der Waals surface area contributed by atoms with Gasteiger partial charge in [0.15, 0.2) is 0 Å². The number of thioether (sulfide) groups is 1. The van der Waals surface area contributed by atoms with Crippen molar-refractivity contribution in [1.29, 1.82) is 0 Å². The molecule has 21 heavy (non-hydrogen) atoms. The van der Waals surface area contributed by atoms with Crippen LogP contribution < -0.4 is 10.6 Å². The molecule has 0 saturated heterocycles. The van der Waals surface area contributed by atoms with Gasteiger partial charge in [0, 0.05) is 17.2 Å². The molecule has 0 spiro atoms. The molecule has 0 heterocycles. The normalized spacial score (nSPS) is 15.4. The Morgan fingerprint density at radius 2 is 2.00 bits per heavy atom. The average Bonchev–Trinajstić information content (AvgIpc) is 3.29. The summed E-state index contributed by atoms with van der Waals surface area (Å²) < 4.78 is 0. The van der Waals surface area contributed by atoms with E-state index in [1.165, 1.54) is 4.90 Å². The van der Waals surface area contributed by atoms with Crippen LogP contribution in [0, 0.1) is 5.92 Å². The molecule has 0 aromatic heterocycles. The zero-order valence-corrected chi connectivity index (χ0v) is 12.6. The molecule has 0 aliphatic heterocycles. The topological polar surface area (TPSA) is 78.4 Å².